The molecule has 2 rings (SSSR count). The molecule has 0 radical (unpaired) electrons. The lowest BCUT2D eigenvalue weighted by Crippen LogP contribution is -2.53. The van der Waals surface area contributed by atoms with Crippen molar-refractivity contribution in [2.75, 3.05) is 26.3 Å². The summed E-state index contributed by atoms with van der Waals surface area (Å²) in [6.45, 7) is 4.53. The SMILES string of the molecule is C[C@H](C(=O)NNC(=O)c1ccccc1)N1CCOCC1. The Morgan fingerprint density at radius 3 is 2.45 bits per heavy atom. The van der Waals surface area contributed by atoms with E-state index in [1.165, 1.54) is 0 Å². The number of benzene rings is 1. The van der Waals surface area contributed by atoms with Crippen LogP contribution >= 0.6 is 0 Å². The van der Waals surface area contributed by atoms with Crippen molar-refractivity contribution in [3.63, 3.8) is 0 Å². The predicted octanol–water partition coefficient (Wildman–Crippen LogP) is 0.168. The van der Waals surface area contributed by atoms with Crippen molar-refractivity contribution in [1.29, 1.82) is 0 Å². The minimum atomic E-state index is -0.326. The first-order chi connectivity index (χ1) is 9.68. The molecule has 108 valence electrons. The summed E-state index contributed by atoms with van der Waals surface area (Å²) in [5.74, 6) is -0.552. The summed E-state index contributed by atoms with van der Waals surface area (Å²) in [7, 11) is 0. The van der Waals surface area contributed by atoms with E-state index in [1.807, 2.05) is 17.9 Å². The van der Waals surface area contributed by atoms with Gasteiger partial charge in [0.15, 0.2) is 0 Å². The third-order valence-electron chi connectivity index (χ3n) is 3.31. The number of ether oxygens (including phenoxy) is 1. The van der Waals surface area contributed by atoms with E-state index in [-0.39, 0.29) is 17.9 Å². The van der Waals surface area contributed by atoms with E-state index in [0.29, 0.717) is 18.8 Å². The van der Waals surface area contributed by atoms with E-state index in [1.54, 1.807) is 24.3 Å². The Balaban J connectivity index is 1.81. The smallest absolute Gasteiger partial charge is 0.269 e. The number of rotatable bonds is 3. The zero-order chi connectivity index (χ0) is 14.4. The van der Waals surface area contributed by atoms with E-state index in [9.17, 15) is 9.59 Å². The summed E-state index contributed by atoms with van der Waals surface area (Å²) in [5, 5.41) is 0. The molecule has 0 spiro atoms. The normalized spacial score (nSPS) is 17.2. The largest absolute Gasteiger partial charge is 0.379 e. The zero-order valence-corrected chi connectivity index (χ0v) is 11.5. The van der Waals surface area contributed by atoms with Crippen LogP contribution in [0, 0.1) is 0 Å². The molecule has 0 unspecified atom stereocenters. The Bertz CT molecular complexity index is 458. The van der Waals surface area contributed by atoms with E-state index >= 15 is 0 Å². The summed E-state index contributed by atoms with van der Waals surface area (Å²) in [4.78, 5) is 25.8. The van der Waals surface area contributed by atoms with Gasteiger partial charge in [-0.1, -0.05) is 18.2 Å². The first-order valence-corrected chi connectivity index (χ1v) is 6.65. The monoisotopic (exact) mass is 277 g/mol. The molecule has 1 aromatic rings. The Hall–Kier alpha value is -1.92. The van der Waals surface area contributed by atoms with Gasteiger partial charge in [-0.3, -0.25) is 25.3 Å². The quantitative estimate of drug-likeness (QED) is 0.773. The third kappa shape index (κ3) is 3.79. The second-order valence-corrected chi connectivity index (χ2v) is 4.63. The maximum absolute atomic E-state index is 12.0. The molecule has 6 heteroatoms. The van der Waals surface area contributed by atoms with Crippen LogP contribution in [0.25, 0.3) is 0 Å². The van der Waals surface area contributed by atoms with Crippen molar-refractivity contribution in [2.24, 2.45) is 0 Å². The lowest BCUT2D eigenvalue weighted by atomic mass is 10.2. The molecule has 0 aromatic heterocycles. The van der Waals surface area contributed by atoms with Crippen LogP contribution in [0.5, 0.6) is 0 Å². The lowest BCUT2D eigenvalue weighted by molar-refractivity contribution is -0.128. The number of hydrogen-bond acceptors (Lipinski definition) is 4. The van der Waals surface area contributed by atoms with Crippen molar-refractivity contribution in [3.8, 4) is 0 Å². The molecule has 0 bridgehead atoms. The Morgan fingerprint density at radius 1 is 1.15 bits per heavy atom. The van der Waals surface area contributed by atoms with Gasteiger partial charge in [0.2, 0.25) is 0 Å². The van der Waals surface area contributed by atoms with Crippen molar-refractivity contribution >= 4 is 11.8 Å². The Kier molecular flexibility index (Phi) is 5.09. The summed E-state index contributed by atoms with van der Waals surface area (Å²) >= 11 is 0. The Morgan fingerprint density at radius 2 is 1.80 bits per heavy atom. The number of carbonyl (C=O) groups excluding carboxylic acids is 2. The summed E-state index contributed by atoms with van der Waals surface area (Å²) in [6, 6.07) is 8.45. The van der Waals surface area contributed by atoms with Crippen molar-refractivity contribution in [2.45, 2.75) is 13.0 Å². The Labute approximate surface area is 118 Å². The first kappa shape index (κ1) is 14.5. The van der Waals surface area contributed by atoms with Crippen molar-refractivity contribution in [1.82, 2.24) is 15.8 Å². The lowest BCUT2D eigenvalue weighted by Gasteiger charge is -2.31. The molecule has 20 heavy (non-hydrogen) atoms. The van der Waals surface area contributed by atoms with Gasteiger partial charge >= 0.3 is 0 Å². The molecule has 1 heterocycles. The van der Waals surface area contributed by atoms with Gasteiger partial charge in [-0.2, -0.15) is 0 Å². The van der Waals surface area contributed by atoms with Crippen molar-refractivity contribution in [3.05, 3.63) is 35.9 Å². The number of hydrogen-bond donors (Lipinski definition) is 2. The molecular formula is C14H19N3O3. The van der Waals surface area contributed by atoms with Gasteiger partial charge in [-0.15, -0.1) is 0 Å². The van der Waals surface area contributed by atoms with Gasteiger partial charge < -0.3 is 4.74 Å². The number of morpholine rings is 1. The molecular weight excluding hydrogens is 258 g/mol. The molecule has 1 saturated heterocycles. The summed E-state index contributed by atoms with van der Waals surface area (Å²) < 4.78 is 5.24. The van der Waals surface area contributed by atoms with Gasteiger partial charge in [0, 0.05) is 18.7 Å². The molecule has 1 aliphatic rings. The van der Waals surface area contributed by atoms with Gasteiger partial charge in [-0.05, 0) is 19.1 Å². The van der Waals surface area contributed by atoms with Gasteiger partial charge in [0.05, 0.1) is 19.3 Å². The fourth-order valence-corrected chi connectivity index (χ4v) is 2.02. The van der Waals surface area contributed by atoms with E-state index < -0.39 is 0 Å². The van der Waals surface area contributed by atoms with Crippen LogP contribution in [0.4, 0.5) is 0 Å². The molecule has 0 saturated carbocycles. The molecule has 6 nitrogen and oxygen atoms in total. The zero-order valence-electron chi connectivity index (χ0n) is 11.5. The molecule has 1 fully saturated rings. The number of nitrogens with one attached hydrogen (secondary N) is 2. The highest BCUT2D eigenvalue weighted by Crippen LogP contribution is 2.03. The number of nitrogens with zero attached hydrogens (tertiary/aromatic N) is 1. The van der Waals surface area contributed by atoms with Crippen molar-refractivity contribution < 1.29 is 14.3 Å². The average molecular weight is 277 g/mol. The fourth-order valence-electron chi connectivity index (χ4n) is 2.02. The summed E-state index contributed by atoms with van der Waals surface area (Å²) in [5.41, 5.74) is 5.39. The van der Waals surface area contributed by atoms with E-state index in [4.69, 9.17) is 4.74 Å². The highest BCUT2D eigenvalue weighted by Gasteiger charge is 2.23. The minimum Gasteiger partial charge on any atom is -0.379 e. The van der Waals surface area contributed by atoms with Crippen LogP contribution in [0.1, 0.15) is 17.3 Å². The number of hydrazine groups is 1. The molecule has 1 aromatic carbocycles. The average Bonchev–Trinajstić information content (AvgIpc) is 2.53. The molecule has 2 N–H and O–H groups in total. The predicted molar refractivity (Wildman–Crippen MR) is 73.9 cm³/mol. The molecule has 0 aliphatic carbocycles. The fraction of sp³-hybridized carbons (Fsp3) is 0.429. The number of carbonyl (C=O) groups is 2. The van der Waals surface area contributed by atoms with Crippen LogP contribution in [-0.4, -0.2) is 49.1 Å². The topological polar surface area (TPSA) is 70.7 Å². The minimum absolute atomic E-state index is 0.226. The highest BCUT2D eigenvalue weighted by molar-refractivity contribution is 5.95. The maximum Gasteiger partial charge on any atom is 0.269 e. The standard InChI is InChI=1S/C14H19N3O3/c1-11(17-7-9-20-10-8-17)13(18)15-16-14(19)12-5-3-2-4-6-12/h2-6,11H,7-10H2,1H3,(H,15,18)(H,16,19)/t11-/m1/s1. The van der Waals surface area contributed by atoms with E-state index in [0.717, 1.165) is 13.1 Å². The highest BCUT2D eigenvalue weighted by atomic mass is 16.5. The molecule has 1 atom stereocenters. The molecule has 1 aliphatic heterocycles. The van der Waals surface area contributed by atoms with Crippen LogP contribution in [0.3, 0.4) is 0 Å². The van der Waals surface area contributed by atoms with E-state index in [2.05, 4.69) is 10.9 Å². The third-order valence-corrected chi connectivity index (χ3v) is 3.31. The maximum atomic E-state index is 12.0. The second-order valence-electron chi connectivity index (χ2n) is 4.63. The van der Waals surface area contributed by atoms with Crippen LogP contribution in [-0.2, 0) is 9.53 Å². The van der Waals surface area contributed by atoms with Crippen LogP contribution in [0.2, 0.25) is 0 Å². The molecule has 2 amide bonds. The first-order valence-electron chi connectivity index (χ1n) is 6.65. The van der Waals surface area contributed by atoms with Gasteiger partial charge in [-0.25, -0.2) is 0 Å². The number of amides is 2. The summed E-state index contributed by atoms with van der Waals surface area (Å²) in [6.07, 6.45) is 0. The van der Waals surface area contributed by atoms with Gasteiger partial charge in [0.1, 0.15) is 0 Å². The van der Waals surface area contributed by atoms with Gasteiger partial charge in [0.25, 0.3) is 11.8 Å². The second kappa shape index (κ2) is 7.02. The van der Waals surface area contributed by atoms with Crippen LogP contribution < -0.4 is 10.9 Å². The van der Waals surface area contributed by atoms with Crippen LogP contribution in [0.15, 0.2) is 30.3 Å².